The highest BCUT2D eigenvalue weighted by molar-refractivity contribution is 5.79. The molecule has 0 unspecified atom stereocenters. The summed E-state index contributed by atoms with van der Waals surface area (Å²) < 4.78 is 4.69. The van der Waals surface area contributed by atoms with E-state index in [1.54, 1.807) is 26.2 Å². The minimum atomic E-state index is -0.669. The number of carbonyl (C=O) groups is 1. The van der Waals surface area contributed by atoms with E-state index in [0.29, 0.717) is 6.54 Å². The van der Waals surface area contributed by atoms with Crippen LogP contribution in [0.1, 0.15) is 19.4 Å². The molecule has 0 aliphatic carbocycles. The minimum absolute atomic E-state index is 0.267. The van der Waals surface area contributed by atoms with Gasteiger partial charge in [0, 0.05) is 18.9 Å². The van der Waals surface area contributed by atoms with Gasteiger partial charge in [-0.3, -0.25) is 15.1 Å². The number of esters is 1. The summed E-state index contributed by atoms with van der Waals surface area (Å²) in [7, 11) is 1.39. The summed E-state index contributed by atoms with van der Waals surface area (Å²) in [6.07, 6.45) is 3.45. The summed E-state index contributed by atoms with van der Waals surface area (Å²) in [6.45, 7) is 4.20. The van der Waals surface area contributed by atoms with Crippen LogP contribution in [0.4, 0.5) is 0 Å². The van der Waals surface area contributed by atoms with Gasteiger partial charge in [-0.25, -0.2) is 0 Å². The largest absolute Gasteiger partial charge is 0.468 e. The molecule has 1 aromatic heterocycles. The molecule has 0 bridgehead atoms. The highest BCUT2D eigenvalue weighted by Crippen LogP contribution is 2.06. The van der Waals surface area contributed by atoms with Gasteiger partial charge in [-0.05, 0) is 31.5 Å². The third-order valence-corrected chi connectivity index (χ3v) is 2.18. The van der Waals surface area contributed by atoms with Crippen LogP contribution in [0.3, 0.4) is 0 Å². The second kappa shape index (κ2) is 4.89. The molecule has 1 aromatic rings. The van der Waals surface area contributed by atoms with Crippen LogP contribution in [-0.4, -0.2) is 23.6 Å². The van der Waals surface area contributed by atoms with Gasteiger partial charge in [0.15, 0.2) is 0 Å². The topological polar surface area (TPSA) is 51.2 Å². The molecule has 1 N–H and O–H groups in total. The first kappa shape index (κ1) is 11.7. The predicted molar refractivity (Wildman–Crippen MR) is 57.2 cm³/mol. The van der Waals surface area contributed by atoms with E-state index in [0.717, 1.165) is 5.56 Å². The predicted octanol–water partition coefficient (Wildman–Crippen LogP) is 1.12. The van der Waals surface area contributed by atoms with Crippen LogP contribution >= 0.6 is 0 Å². The van der Waals surface area contributed by atoms with E-state index in [4.69, 9.17) is 0 Å². The molecule has 4 nitrogen and oxygen atoms in total. The van der Waals surface area contributed by atoms with Crippen molar-refractivity contribution in [2.75, 3.05) is 7.11 Å². The molecule has 0 spiro atoms. The Balaban J connectivity index is 2.53. The molecule has 15 heavy (non-hydrogen) atoms. The molecule has 0 saturated carbocycles. The van der Waals surface area contributed by atoms with Crippen molar-refractivity contribution in [3.8, 4) is 0 Å². The summed E-state index contributed by atoms with van der Waals surface area (Å²) in [5.41, 5.74) is 0.417. The van der Waals surface area contributed by atoms with Crippen molar-refractivity contribution >= 4 is 5.97 Å². The van der Waals surface area contributed by atoms with Crippen LogP contribution < -0.4 is 5.32 Å². The Bertz CT molecular complexity index is 323. The molecule has 4 heteroatoms. The average molecular weight is 208 g/mol. The van der Waals surface area contributed by atoms with E-state index in [2.05, 4.69) is 15.0 Å². The zero-order valence-corrected chi connectivity index (χ0v) is 9.28. The van der Waals surface area contributed by atoms with Crippen LogP contribution in [-0.2, 0) is 16.1 Å². The second-order valence-corrected chi connectivity index (χ2v) is 3.83. The van der Waals surface area contributed by atoms with Crippen LogP contribution in [0.25, 0.3) is 0 Å². The van der Waals surface area contributed by atoms with E-state index in [1.807, 2.05) is 12.1 Å². The van der Waals surface area contributed by atoms with Gasteiger partial charge >= 0.3 is 5.97 Å². The van der Waals surface area contributed by atoms with Crippen LogP contribution in [0, 0.1) is 0 Å². The van der Waals surface area contributed by atoms with E-state index < -0.39 is 5.54 Å². The molecule has 82 valence electrons. The number of ether oxygens (including phenoxy) is 1. The van der Waals surface area contributed by atoms with Crippen molar-refractivity contribution in [3.63, 3.8) is 0 Å². The second-order valence-electron chi connectivity index (χ2n) is 3.83. The highest BCUT2D eigenvalue weighted by Gasteiger charge is 2.27. The molecule has 0 atom stereocenters. The minimum Gasteiger partial charge on any atom is -0.468 e. The Kier molecular flexibility index (Phi) is 3.80. The molecule has 0 aromatic carbocycles. The number of rotatable bonds is 4. The molecule has 0 aliphatic rings. The van der Waals surface area contributed by atoms with Gasteiger partial charge in [-0.1, -0.05) is 0 Å². The lowest BCUT2D eigenvalue weighted by Crippen LogP contribution is -2.46. The third-order valence-electron chi connectivity index (χ3n) is 2.18. The number of carbonyl (C=O) groups excluding carboxylic acids is 1. The number of hydrogen-bond donors (Lipinski definition) is 1. The number of hydrogen-bond acceptors (Lipinski definition) is 4. The Labute approximate surface area is 89.7 Å². The summed E-state index contributed by atoms with van der Waals surface area (Å²) in [4.78, 5) is 15.3. The van der Waals surface area contributed by atoms with Gasteiger partial charge in [0.1, 0.15) is 5.54 Å². The van der Waals surface area contributed by atoms with Crippen LogP contribution in [0.5, 0.6) is 0 Å². The monoisotopic (exact) mass is 208 g/mol. The van der Waals surface area contributed by atoms with Gasteiger partial charge < -0.3 is 4.74 Å². The Morgan fingerprint density at radius 3 is 2.60 bits per heavy atom. The Morgan fingerprint density at radius 1 is 1.47 bits per heavy atom. The summed E-state index contributed by atoms with van der Waals surface area (Å²) in [5, 5.41) is 3.12. The SMILES string of the molecule is COC(=O)C(C)(C)NCc1ccncc1. The lowest BCUT2D eigenvalue weighted by molar-refractivity contribution is -0.147. The van der Waals surface area contributed by atoms with E-state index >= 15 is 0 Å². The maximum atomic E-state index is 11.4. The highest BCUT2D eigenvalue weighted by atomic mass is 16.5. The fourth-order valence-electron chi connectivity index (χ4n) is 1.15. The Morgan fingerprint density at radius 2 is 2.07 bits per heavy atom. The number of aromatic nitrogens is 1. The number of nitrogens with one attached hydrogen (secondary N) is 1. The van der Waals surface area contributed by atoms with Gasteiger partial charge in [0.2, 0.25) is 0 Å². The van der Waals surface area contributed by atoms with Gasteiger partial charge in [0.25, 0.3) is 0 Å². The summed E-state index contributed by atoms with van der Waals surface area (Å²) in [6, 6.07) is 3.81. The molecule has 0 fully saturated rings. The average Bonchev–Trinajstić information content (AvgIpc) is 2.27. The zero-order chi connectivity index (χ0) is 11.3. The van der Waals surface area contributed by atoms with Gasteiger partial charge in [0.05, 0.1) is 7.11 Å². The third kappa shape index (κ3) is 3.32. The van der Waals surface area contributed by atoms with Crippen LogP contribution in [0.15, 0.2) is 24.5 Å². The first-order valence-corrected chi connectivity index (χ1v) is 4.78. The van der Waals surface area contributed by atoms with E-state index in [1.165, 1.54) is 7.11 Å². The Hall–Kier alpha value is -1.42. The summed E-state index contributed by atoms with van der Waals surface area (Å²) in [5.74, 6) is -0.267. The molecule has 0 amide bonds. The fourth-order valence-corrected chi connectivity index (χ4v) is 1.15. The number of nitrogens with zero attached hydrogens (tertiary/aromatic N) is 1. The molecule has 0 radical (unpaired) electrons. The van der Waals surface area contributed by atoms with Gasteiger partial charge in [-0.15, -0.1) is 0 Å². The zero-order valence-electron chi connectivity index (χ0n) is 9.28. The smallest absolute Gasteiger partial charge is 0.325 e. The molecule has 1 heterocycles. The number of pyridine rings is 1. The van der Waals surface area contributed by atoms with Crippen molar-refractivity contribution < 1.29 is 9.53 Å². The lowest BCUT2D eigenvalue weighted by atomic mass is 10.1. The first-order chi connectivity index (χ1) is 7.06. The maximum absolute atomic E-state index is 11.4. The molecular weight excluding hydrogens is 192 g/mol. The normalized spacial score (nSPS) is 11.1. The van der Waals surface area contributed by atoms with Crippen molar-refractivity contribution in [3.05, 3.63) is 30.1 Å². The van der Waals surface area contributed by atoms with Crippen LogP contribution in [0.2, 0.25) is 0 Å². The summed E-state index contributed by atoms with van der Waals surface area (Å²) >= 11 is 0. The lowest BCUT2D eigenvalue weighted by Gasteiger charge is -2.23. The maximum Gasteiger partial charge on any atom is 0.325 e. The van der Waals surface area contributed by atoms with Gasteiger partial charge in [-0.2, -0.15) is 0 Å². The van der Waals surface area contributed by atoms with Crippen molar-refractivity contribution in [1.82, 2.24) is 10.3 Å². The van der Waals surface area contributed by atoms with Crippen molar-refractivity contribution in [2.24, 2.45) is 0 Å². The number of methoxy groups -OCH3 is 1. The van der Waals surface area contributed by atoms with Crippen molar-refractivity contribution in [1.29, 1.82) is 0 Å². The van der Waals surface area contributed by atoms with E-state index in [-0.39, 0.29) is 5.97 Å². The van der Waals surface area contributed by atoms with E-state index in [9.17, 15) is 4.79 Å². The first-order valence-electron chi connectivity index (χ1n) is 4.78. The van der Waals surface area contributed by atoms with Crippen molar-refractivity contribution in [2.45, 2.75) is 25.9 Å². The molecule has 1 rings (SSSR count). The molecular formula is C11H16N2O2. The molecule has 0 aliphatic heterocycles. The fraction of sp³-hybridized carbons (Fsp3) is 0.455. The molecule has 0 saturated heterocycles. The quantitative estimate of drug-likeness (QED) is 0.753. The standard InChI is InChI=1S/C11H16N2O2/c1-11(2,10(14)15-3)13-8-9-4-6-12-7-5-9/h4-7,13H,8H2,1-3H3.